The summed E-state index contributed by atoms with van der Waals surface area (Å²) in [4.78, 5) is 8.55. The van der Waals surface area contributed by atoms with Gasteiger partial charge in [-0.25, -0.2) is 0 Å². The molecule has 0 saturated carbocycles. The van der Waals surface area contributed by atoms with Crippen LogP contribution < -0.4 is 0 Å². The number of aliphatic hydroxyl groups is 1. The van der Waals surface area contributed by atoms with Crippen LogP contribution in [-0.4, -0.2) is 66.3 Å². The van der Waals surface area contributed by atoms with Crippen molar-refractivity contribution in [3.05, 3.63) is 70.4 Å². The fourth-order valence-corrected chi connectivity index (χ4v) is 7.32. The lowest BCUT2D eigenvalue weighted by atomic mass is 9.68. The van der Waals surface area contributed by atoms with Gasteiger partial charge in [-0.05, 0) is 86.5 Å². The van der Waals surface area contributed by atoms with Gasteiger partial charge in [-0.15, -0.1) is 0 Å². The van der Waals surface area contributed by atoms with Crippen LogP contribution in [-0.2, 0) is 22.4 Å². The number of fused-ring (bicyclic) bond motifs is 2. The monoisotopic (exact) mass is 493 g/mol. The van der Waals surface area contributed by atoms with Crippen LogP contribution in [0.4, 0.5) is 0 Å². The molecule has 2 saturated heterocycles. The summed E-state index contributed by atoms with van der Waals surface area (Å²) in [6.07, 6.45) is 6.96. The fraction of sp³-hybridized carbons (Fsp3) is 0.517. The number of halogens is 1. The first-order valence-corrected chi connectivity index (χ1v) is 13.4. The van der Waals surface area contributed by atoms with Gasteiger partial charge in [0.05, 0.1) is 5.60 Å². The van der Waals surface area contributed by atoms with Crippen molar-refractivity contribution in [1.29, 1.82) is 0 Å². The molecular formula is C29H36ClN3O2. The van der Waals surface area contributed by atoms with Crippen molar-refractivity contribution in [3.63, 3.8) is 0 Å². The molecule has 5 nitrogen and oxygen atoms in total. The third-order valence-corrected chi connectivity index (χ3v) is 9.40. The van der Waals surface area contributed by atoms with Gasteiger partial charge in [0.25, 0.3) is 0 Å². The molecule has 6 rings (SSSR count). The van der Waals surface area contributed by atoms with Gasteiger partial charge in [0, 0.05) is 54.9 Å². The van der Waals surface area contributed by atoms with Crippen LogP contribution in [0.15, 0.2) is 48.7 Å². The number of hydrogen-bond acceptors (Lipinski definition) is 4. The van der Waals surface area contributed by atoms with Crippen molar-refractivity contribution in [1.82, 2.24) is 14.8 Å². The summed E-state index contributed by atoms with van der Waals surface area (Å²) in [5.41, 5.74) is 3.97. The highest BCUT2D eigenvalue weighted by molar-refractivity contribution is 6.30. The zero-order valence-electron chi connectivity index (χ0n) is 20.8. The topological polar surface area (TPSA) is 51.7 Å². The standard InChI is InChI=1S/C29H36ClN3O2/c1-32-19-20(10-13-33-14-11-28(34,12-15-33)22-6-8-23(30)9-7-22)17-29(35-2)24-4-3-5-25-27(24)21(18-31-25)16-26(29)32/h3-9,18,20,26,31,34H,10-17,19H2,1-2H3/t20-,26-,29+/m1/s1. The van der Waals surface area contributed by atoms with Crippen LogP contribution in [0.5, 0.6) is 0 Å². The molecule has 0 unspecified atom stereocenters. The number of benzene rings is 2. The Morgan fingerprint density at radius 3 is 2.66 bits per heavy atom. The maximum atomic E-state index is 11.2. The molecule has 2 aliphatic heterocycles. The number of rotatable bonds is 5. The van der Waals surface area contributed by atoms with Crippen LogP contribution in [0.1, 0.15) is 42.4 Å². The molecule has 35 heavy (non-hydrogen) atoms. The van der Waals surface area contributed by atoms with Crippen LogP contribution in [0.3, 0.4) is 0 Å². The van der Waals surface area contributed by atoms with Crippen LogP contribution in [0.25, 0.3) is 10.9 Å². The minimum Gasteiger partial charge on any atom is -0.385 e. The van der Waals surface area contributed by atoms with Crippen molar-refractivity contribution in [2.24, 2.45) is 5.92 Å². The SMILES string of the molecule is CO[C@]12C[C@@H](CCN3CCC(O)(c4ccc(Cl)cc4)CC3)CN(C)[C@@H]1Cc1c[nH]c3cccc2c13. The average Bonchev–Trinajstić information content (AvgIpc) is 3.29. The van der Waals surface area contributed by atoms with E-state index in [1.54, 1.807) is 0 Å². The lowest BCUT2D eigenvalue weighted by Gasteiger charge is -2.53. The van der Waals surface area contributed by atoms with Gasteiger partial charge in [0.15, 0.2) is 0 Å². The van der Waals surface area contributed by atoms with Crippen LogP contribution in [0.2, 0.25) is 5.02 Å². The number of nitrogens with one attached hydrogen (secondary N) is 1. The third-order valence-electron chi connectivity index (χ3n) is 9.15. The van der Waals surface area contributed by atoms with Gasteiger partial charge in [0.2, 0.25) is 0 Å². The highest BCUT2D eigenvalue weighted by Crippen LogP contribution is 2.49. The van der Waals surface area contributed by atoms with Gasteiger partial charge < -0.3 is 19.7 Å². The summed E-state index contributed by atoms with van der Waals surface area (Å²) < 4.78 is 6.46. The number of ether oxygens (including phenoxy) is 1. The minimum atomic E-state index is -0.742. The zero-order valence-corrected chi connectivity index (χ0v) is 21.5. The van der Waals surface area contributed by atoms with E-state index < -0.39 is 5.60 Å². The van der Waals surface area contributed by atoms with Gasteiger partial charge >= 0.3 is 0 Å². The number of hydrogen-bond donors (Lipinski definition) is 2. The smallest absolute Gasteiger partial charge is 0.109 e. The number of likely N-dealkylation sites (N-methyl/N-ethyl adjacent to an activating group) is 1. The second-order valence-electron chi connectivity index (χ2n) is 11.0. The van der Waals surface area contributed by atoms with E-state index in [2.05, 4.69) is 46.2 Å². The number of nitrogens with zero attached hydrogens (tertiary/aromatic N) is 2. The zero-order chi connectivity index (χ0) is 24.2. The van der Waals surface area contributed by atoms with Crippen molar-refractivity contribution in [2.75, 3.05) is 40.3 Å². The Balaban J connectivity index is 1.14. The van der Waals surface area contributed by atoms with Crippen molar-refractivity contribution >= 4 is 22.5 Å². The Morgan fingerprint density at radius 1 is 1.14 bits per heavy atom. The lowest BCUT2D eigenvalue weighted by Crippen LogP contribution is -2.59. The fourth-order valence-electron chi connectivity index (χ4n) is 7.19. The van der Waals surface area contributed by atoms with E-state index in [4.69, 9.17) is 16.3 Å². The minimum absolute atomic E-state index is 0.261. The Hall–Kier alpha value is -1.89. The second kappa shape index (κ2) is 8.89. The second-order valence-corrected chi connectivity index (χ2v) is 11.5. The average molecular weight is 494 g/mol. The molecule has 3 aliphatic rings. The molecule has 0 amide bonds. The van der Waals surface area contributed by atoms with E-state index in [0.717, 1.165) is 63.8 Å². The first kappa shape index (κ1) is 23.5. The third kappa shape index (κ3) is 3.93. The molecule has 3 aromatic rings. The first-order valence-electron chi connectivity index (χ1n) is 13.0. The largest absolute Gasteiger partial charge is 0.385 e. The van der Waals surface area contributed by atoms with E-state index >= 15 is 0 Å². The maximum absolute atomic E-state index is 11.2. The number of aromatic amines is 1. The van der Waals surface area contributed by atoms with Gasteiger partial charge in [-0.3, -0.25) is 4.90 Å². The molecule has 1 aromatic heterocycles. The maximum Gasteiger partial charge on any atom is 0.109 e. The van der Waals surface area contributed by atoms with Gasteiger partial charge in [-0.2, -0.15) is 0 Å². The predicted octanol–water partition coefficient (Wildman–Crippen LogP) is 4.91. The molecule has 0 spiro atoms. The van der Waals surface area contributed by atoms with Crippen molar-refractivity contribution in [2.45, 2.75) is 49.3 Å². The Bertz CT molecular complexity index is 1200. The summed E-state index contributed by atoms with van der Waals surface area (Å²) in [7, 11) is 4.18. The Kier molecular flexibility index (Phi) is 5.97. The van der Waals surface area contributed by atoms with Gasteiger partial charge in [0.1, 0.15) is 5.60 Å². The summed E-state index contributed by atoms with van der Waals surface area (Å²) in [5, 5.41) is 13.3. The number of likely N-dealkylation sites (tertiary alicyclic amines) is 2. The summed E-state index contributed by atoms with van der Waals surface area (Å²) in [6, 6.07) is 14.7. The number of piperidine rings is 2. The first-order chi connectivity index (χ1) is 16.9. The molecule has 2 fully saturated rings. The highest BCUT2D eigenvalue weighted by Gasteiger charge is 2.51. The quantitative estimate of drug-likeness (QED) is 0.530. The van der Waals surface area contributed by atoms with E-state index in [-0.39, 0.29) is 5.60 Å². The molecule has 0 bridgehead atoms. The van der Waals surface area contributed by atoms with E-state index in [9.17, 15) is 5.11 Å². The number of aromatic nitrogens is 1. The number of H-pyrrole nitrogens is 1. The molecule has 6 heteroatoms. The van der Waals surface area contributed by atoms with Crippen molar-refractivity contribution in [3.8, 4) is 0 Å². The molecule has 2 aromatic carbocycles. The molecule has 0 radical (unpaired) electrons. The molecule has 3 atom stereocenters. The summed E-state index contributed by atoms with van der Waals surface area (Å²) >= 11 is 6.05. The van der Waals surface area contributed by atoms with Crippen molar-refractivity contribution < 1.29 is 9.84 Å². The number of methoxy groups -OCH3 is 1. The molecule has 2 N–H and O–H groups in total. The summed E-state index contributed by atoms with van der Waals surface area (Å²) in [6.45, 7) is 4.02. The van der Waals surface area contributed by atoms with Crippen LogP contribution in [0, 0.1) is 5.92 Å². The Labute approximate surface area is 213 Å². The molecule has 3 heterocycles. The lowest BCUT2D eigenvalue weighted by molar-refractivity contribution is -0.127. The molecular weight excluding hydrogens is 458 g/mol. The normalized spacial score (nSPS) is 28.8. The molecule has 1 aliphatic carbocycles. The molecule has 186 valence electrons. The van der Waals surface area contributed by atoms with Crippen LogP contribution >= 0.6 is 11.6 Å². The van der Waals surface area contributed by atoms with E-state index in [0.29, 0.717) is 17.0 Å². The van der Waals surface area contributed by atoms with E-state index in [1.165, 1.54) is 22.0 Å². The summed E-state index contributed by atoms with van der Waals surface area (Å²) in [5.74, 6) is 0.573. The van der Waals surface area contributed by atoms with E-state index in [1.807, 2.05) is 31.4 Å². The van der Waals surface area contributed by atoms with Gasteiger partial charge in [-0.1, -0.05) is 35.9 Å². The predicted molar refractivity (Wildman–Crippen MR) is 141 cm³/mol. The Morgan fingerprint density at radius 2 is 1.91 bits per heavy atom. The highest BCUT2D eigenvalue weighted by atomic mass is 35.5.